The number of H-pyrrole nitrogens is 1. The van der Waals surface area contributed by atoms with Crippen LogP contribution in [0.25, 0.3) is 0 Å². The molecule has 0 amide bonds. The van der Waals surface area contributed by atoms with E-state index in [9.17, 15) is 0 Å². The number of nitrogens with one attached hydrogen (secondary N) is 1. The van der Waals surface area contributed by atoms with Crippen molar-refractivity contribution in [2.45, 2.75) is 51.7 Å². The van der Waals surface area contributed by atoms with Crippen molar-refractivity contribution < 1.29 is 4.42 Å². The van der Waals surface area contributed by atoms with Gasteiger partial charge in [-0.05, 0) is 52.9 Å². The highest BCUT2D eigenvalue weighted by Gasteiger charge is 2.10. The number of thioether (sulfide) groups is 1. The summed E-state index contributed by atoms with van der Waals surface area (Å²) in [6.45, 7) is 9.03. The molecule has 0 atom stereocenters. The van der Waals surface area contributed by atoms with Gasteiger partial charge in [-0.15, -0.1) is 5.10 Å². The summed E-state index contributed by atoms with van der Waals surface area (Å²) in [5.74, 6) is 3.62. The summed E-state index contributed by atoms with van der Waals surface area (Å²) in [6.07, 6.45) is 1.07. The quantitative estimate of drug-likeness (QED) is 0.539. The predicted molar refractivity (Wildman–Crippen MR) is 96.2 cm³/mol. The lowest BCUT2D eigenvalue weighted by Crippen LogP contribution is -2.01. The van der Waals surface area contributed by atoms with Gasteiger partial charge in [-0.3, -0.25) is 0 Å². The largest absolute Gasteiger partial charge is 0.413 e. The highest BCUT2D eigenvalue weighted by atomic mass is 32.2. The Bertz CT molecular complexity index is 659. The lowest BCUT2D eigenvalue weighted by Gasteiger charge is -2.16. The summed E-state index contributed by atoms with van der Waals surface area (Å²) in [5.41, 5.74) is 4.35. The fourth-order valence-corrected chi connectivity index (χ4v) is 3.35. The van der Waals surface area contributed by atoms with Crippen LogP contribution in [0, 0.1) is 4.84 Å². The first-order valence-electron chi connectivity index (χ1n) is 7.72. The average molecular weight is 337 g/mol. The second-order valence-electron chi connectivity index (χ2n) is 6.08. The molecule has 0 aliphatic heterocycles. The molecule has 0 fully saturated rings. The molecule has 1 aromatic carbocycles. The van der Waals surface area contributed by atoms with Crippen LogP contribution < -0.4 is 0 Å². The van der Waals surface area contributed by atoms with Crippen LogP contribution in [0.3, 0.4) is 0 Å². The average Bonchev–Trinajstić information content (AvgIpc) is 2.89. The minimum Gasteiger partial charge on any atom is -0.413 e. The van der Waals surface area contributed by atoms with Crippen LogP contribution in [0.2, 0.25) is 0 Å². The molecular formula is C17H24N2OS2. The van der Waals surface area contributed by atoms with Crippen molar-refractivity contribution in [1.29, 1.82) is 0 Å². The highest BCUT2D eigenvalue weighted by molar-refractivity contribution is 7.98. The van der Waals surface area contributed by atoms with Crippen LogP contribution in [-0.4, -0.2) is 16.0 Å². The first-order chi connectivity index (χ1) is 10.5. The SMILES string of the molecule is CC(C)c1ccc(CCSCc2n[nH]c(=S)o2)c(C(C)C)c1. The molecule has 3 nitrogen and oxygen atoms in total. The fourth-order valence-electron chi connectivity index (χ4n) is 2.40. The summed E-state index contributed by atoms with van der Waals surface area (Å²) >= 11 is 6.70. The molecule has 0 saturated heterocycles. The molecule has 0 aliphatic carbocycles. The van der Waals surface area contributed by atoms with Crippen molar-refractivity contribution in [2.75, 3.05) is 5.75 Å². The van der Waals surface area contributed by atoms with Gasteiger partial charge < -0.3 is 4.42 Å². The molecule has 0 aliphatic rings. The van der Waals surface area contributed by atoms with Gasteiger partial charge in [0.15, 0.2) is 0 Å². The van der Waals surface area contributed by atoms with E-state index in [2.05, 4.69) is 56.1 Å². The molecule has 5 heteroatoms. The van der Waals surface area contributed by atoms with E-state index >= 15 is 0 Å². The third kappa shape index (κ3) is 4.71. The number of nitrogens with zero attached hydrogens (tertiary/aromatic N) is 1. The molecular weight excluding hydrogens is 312 g/mol. The summed E-state index contributed by atoms with van der Waals surface area (Å²) in [7, 11) is 0. The van der Waals surface area contributed by atoms with E-state index in [1.807, 2.05) is 11.8 Å². The summed E-state index contributed by atoms with van der Waals surface area (Å²) in [6, 6.07) is 6.94. The van der Waals surface area contributed by atoms with E-state index in [1.165, 1.54) is 16.7 Å². The number of rotatable bonds is 7. The molecule has 1 aromatic heterocycles. The number of aromatic nitrogens is 2. The van der Waals surface area contributed by atoms with E-state index in [0.717, 1.165) is 17.9 Å². The van der Waals surface area contributed by atoms with E-state index in [1.54, 1.807) is 0 Å². The van der Waals surface area contributed by atoms with Crippen LogP contribution >= 0.6 is 24.0 Å². The molecule has 2 aromatic rings. The fraction of sp³-hybridized carbons (Fsp3) is 0.529. The number of hydrogen-bond donors (Lipinski definition) is 1. The molecule has 0 bridgehead atoms. The maximum atomic E-state index is 5.27. The third-order valence-corrected chi connectivity index (χ3v) is 4.80. The van der Waals surface area contributed by atoms with E-state index in [4.69, 9.17) is 16.6 Å². The topological polar surface area (TPSA) is 41.8 Å². The number of benzene rings is 1. The second-order valence-corrected chi connectivity index (χ2v) is 7.55. The third-order valence-electron chi connectivity index (χ3n) is 3.68. The normalized spacial score (nSPS) is 11.5. The van der Waals surface area contributed by atoms with Crippen LogP contribution in [0.15, 0.2) is 22.6 Å². The maximum Gasteiger partial charge on any atom is 0.284 e. The van der Waals surface area contributed by atoms with Crippen molar-refractivity contribution in [3.63, 3.8) is 0 Å². The standard InChI is InChI=1S/C17H24N2OS2/c1-11(2)14-6-5-13(15(9-14)12(3)4)7-8-22-10-16-18-19-17(21)20-16/h5-6,9,11-12H,7-8,10H2,1-4H3,(H,19,21). The van der Waals surface area contributed by atoms with Crippen molar-refractivity contribution >= 4 is 24.0 Å². The Balaban J connectivity index is 1.95. The number of aryl methyl sites for hydroxylation is 1. The number of hydrogen-bond acceptors (Lipinski definition) is 4. The van der Waals surface area contributed by atoms with Crippen LogP contribution in [0.1, 0.15) is 62.1 Å². The minimum absolute atomic E-state index is 0.349. The summed E-state index contributed by atoms with van der Waals surface area (Å²) in [5, 5.41) is 6.67. The summed E-state index contributed by atoms with van der Waals surface area (Å²) < 4.78 is 5.27. The zero-order chi connectivity index (χ0) is 16.1. The zero-order valence-electron chi connectivity index (χ0n) is 13.7. The van der Waals surface area contributed by atoms with Gasteiger partial charge in [0.25, 0.3) is 4.84 Å². The monoisotopic (exact) mass is 336 g/mol. The Morgan fingerprint density at radius 3 is 2.59 bits per heavy atom. The van der Waals surface area contributed by atoms with E-state index in [0.29, 0.717) is 22.6 Å². The van der Waals surface area contributed by atoms with Gasteiger partial charge in [0.05, 0.1) is 5.75 Å². The Labute approximate surface area is 141 Å². The molecule has 0 radical (unpaired) electrons. The lowest BCUT2D eigenvalue weighted by atomic mass is 9.91. The molecule has 0 unspecified atom stereocenters. The molecule has 120 valence electrons. The Hall–Kier alpha value is -1.07. The van der Waals surface area contributed by atoms with Gasteiger partial charge in [-0.1, -0.05) is 45.9 Å². The van der Waals surface area contributed by atoms with Crippen molar-refractivity contribution in [3.05, 3.63) is 45.6 Å². The molecule has 1 N–H and O–H groups in total. The lowest BCUT2D eigenvalue weighted by molar-refractivity contribution is 0.500. The van der Waals surface area contributed by atoms with Gasteiger partial charge in [-0.2, -0.15) is 11.8 Å². The highest BCUT2D eigenvalue weighted by Crippen LogP contribution is 2.26. The van der Waals surface area contributed by atoms with Crippen LogP contribution in [0.4, 0.5) is 0 Å². The van der Waals surface area contributed by atoms with Gasteiger partial charge in [0.2, 0.25) is 5.89 Å². The first kappa shape index (κ1) is 17.3. The molecule has 1 heterocycles. The van der Waals surface area contributed by atoms with Gasteiger partial charge >= 0.3 is 0 Å². The number of aromatic amines is 1. The first-order valence-corrected chi connectivity index (χ1v) is 9.28. The minimum atomic E-state index is 0.349. The molecule has 0 spiro atoms. The molecule has 0 saturated carbocycles. The van der Waals surface area contributed by atoms with Gasteiger partial charge in [-0.25, -0.2) is 5.10 Å². The molecule has 22 heavy (non-hydrogen) atoms. The van der Waals surface area contributed by atoms with E-state index in [-0.39, 0.29) is 0 Å². The van der Waals surface area contributed by atoms with Crippen molar-refractivity contribution in [3.8, 4) is 0 Å². The predicted octanol–water partition coefficient (Wildman–Crippen LogP) is 5.45. The Kier molecular flexibility index (Phi) is 6.26. The van der Waals surface area contributed by atoms with Crippen LogP contribution in [0.5, 0.6) is 0 Å². The Morgan fingerprint density at radius 1 is 1.23 bits per heavy atom. The maximum absolute atomic E-state index is 5.27. The van der Waals surface area contributed by atoms with Gasteiger partial charge in [0, 0.05) is 0 Å². The second kappa shape index (κ2) is 7.97. The molecule has 2 rings (SSSR count). The Morgan fingerprint density at radius 2 is 2.00 bits per heavy atom. The van der Waals surface area contributed by atoms with Gasteiger partial charge in [0.1, 0.15) is 0 Å². The smallest absolute Gasteiger partial charge is 0.284 e. The van der Waals surface area contributed by atoms with E-state index < -0.39 is 0 Å². The zero-order valence-corrected chi connectivity index (χ0v) is 15.3. The van der Waals surface area contributed by atoms with Crippen LogP contribution in [-0.2, 0) is 12.2 Å². The van der Waals surface area contributed by atoms with Crippen molar-refractivity contribution in [1.82, 2.24) is 10.2 Å². The van der Waals surface area contributed by atoms with Crippen molar-refractivity contribution in [2.24, 2.45) is 0 Å². The summed E-state index contributed by atoms with van der Waals surface area (Å²) in [4.78, 5) is 0.349.